The zero-order valence-electron chi connectivity index (χ0n) is 17.3. The first kappa shape index (κ1) is 22.9. The van der Waals surface area contributed by atoms with E-state index in [4.69, 9.17) is 16.3 Å². The third-order valence-corrected chi connectivity index (χ3v) is 5.97. The summed E-state index contributed by atoms with van der Waals surface area (Å²) in [5, 5.41) is 2.64. The van der Waals surface area contributed by atoms with Crippen LogP contribution in [0, 0.1) is 5.82 Å². The highest BCUT2D eigenvalue weighted by atomic mass is 35.5. The number of alkyl halides is 1. The lowest BCUT2D eigenvalue weighted by Crippen LogP contribution is -2.58. The van der Waals surface area contributed by atoms with Crippen LogP contribution in [0.3, 0.4) is 0 Å². The smallest absolute Gasteiger partial charge is 0.251 e. The van der Waals surface area contributed by atoms with E-state index in [1.165, 1.54) is 6.07 Å². The van der Waals surface area contributed by atoms with Crippen LogP contribution in [0.1, 0.15) is 37.0 Å². The SMILES string of the molecule is CC1(C)COCCN1C(=O)CN1CCC(F)(CNC(=O)c2cc(F)cc(Cl)c2)CC1. The molecule has 2 aliphatic rings. The predicted octanol–water partition coefficient (Wildman–Crippen LogP) is 2.65. The van der Waals surface area contributed by atoms with E-state index in [1.807, 2.05) is 23.6 Å². The largest absolute Gasteiger partial charge is 0.377 e. The molecule has 3 rings (SSSR count). The van der Waals surface area contributed by atoms with Gasteiger partial charge >= 0.3 is 0 Å². The van der Waals surface area contributed by atoms with Gasteiger partial charge in [-0.15, -0.1) is 0 Å². The monoisotopic (exact) mass is 443 g/mol. The maximum absolute atomic E-state index is 15.1. The van der Waals surface area contributed by atoms with E-state index in [0.717, 1.165) is 12.1 Å². The van der Waals surface area contributed by atoms with Crippen molar-refractivity contribution >= 4 is 23.4 Å². The van der Waals surface area contributed by atoms with E-state index in [9.17, 15) is 14.0 Å². The van der Waals surface area contributed by atoms with Crippen LogP contribution in [0.15, 0.2) is 18.2 Å². The number of piperidine rings is 1. The van der Waals surface area contributed by atoms with Crippen molar-refractivity contribution in [2.45, 2.75) is 37.9 Å². The maximum atomic E-state index is 15.1. The molecule has 2 amide bonds. The average Bonchev–Trinajstić information content (AvgIpc) is 2.67. The topological polar surface area (TPSA) is 61.9 Å². The Morgan fingerprint density at radius 1 is 1.20 bits per heavy atom. The van der Waals surface area contributed by atoms with Crippen LogP contribution < -0.4 is 5.32 Å². The highest BCUT2D eigenvalue weighted by molar-refractivity contribution is 6.31. The summed E-state index contributed by atoms with van der Waals surface area (Å²) < 4.78 is 34.0. The van der Waals surface area contributed by atoms with E-state index >= 15 is 4.39 Å². The number of ether oxygens (including phenoxy) is 1. The highest BCUT2D eigenvalue weighted by Gasteiger charge is 2.38. The van der Waals surface area contributed by atoms with E-state index in [0.29, 0.717) is 32.8 Å². The second-order valence-electron chi connectivity index (χ2n) is 8.68. The molecule has 0 aliphatic carbocycles. The molecule has 0 atom stereocenters. The van der Waals surface area contributed by atoms with Crippen LogP contribution in [-0.4, -0.2) is 78.8 Å². The Labute approximate surface area is 180 Å². The van der Waals surface area contributed by atoms with E-state index in [-0.39, 0.29) is 48.0 Å². The predicted molar refractivity (Wildman–Crippen MR) is 110 cm³/mol. The molecular weight excluding hydrogens is 416 g/mol. The first-order chi connectivity index (χ1) is 14.1. The minimum Gasteiger partial charge on any atom is -0.377 e. The van der Waals surface area contributed by atoms with Gasteiger partial charge in [-0.05, 0) is 44.9 Å². The number of likely N-dealkylation sites (tertiary alicyclic amines) is 1. The Balaban J connectivity index is 1.48. The quantitative estimate of drug-likeness (QED) is 0.760. The zero-order valence-corrected chi connectivity index (χ0v) is 18.1. The second-order valence-corrected chi connectivity index (χ2v) is 9.11. The molecule has 0 unspecified atom stereocenters. The number of hydrogen-bond acceptors (Lipinski definition) is 4. The first-order valence-corrected chi connectivity index (χ1v) is 10.5. The van der Waals surface area contributed by atoms with Gasteiger partial charge in [-0.2, -0.15) is 0 Å². The summed E-state index contributed by atoms with van der Waals surface area (Å²) in [5.74, 6) is -1.17. The summed E-state index contributed by atoms with van der Waals surface area (Å²) >= 11 is 5.76. The van der Waals surface area contributed by atoms with Crippen molar-refractivity contribution in [3.63, 3.8) is 0 Å². The van der Waals surface area contributed by atoms with Gasteiger partial charge in [0.15, 0.2) is 0 Å². The van der Waals surface area contributed by atoms with Gasteiger partial charge in [0.25, 0.3) is 5.91 Å². The van der Waals surface area contributed by atoms with Gasteiger partial charge in [-0.25, -0.2) is 8.78 Å². The number of rotatable bonds is 5. The van der Waals surface area contributed by atoms with Gasteiger partial charge in [-0.3, -0.25) is 14.5 Å². The highest BCUT2D eigenvalue weighted by Crippen LogP contribution is 2.27. The standard InChI is InChI=1S/C21H28ClF2N3O3/c1-20(2)14-30-8-7-27(20)18(28)12-26-5-3-21(24,4-6-26)13-25-19(29)15-9-16(22)11-17(23)10-15/h9-11H,3-8,12-14H2,1-2H3,(H,25,29). The fourth-order valence-corrected chi connectivity index (χ4v) is 4.13. The fraction of sp³-hybridized carbons (Fsp3) is 0.619. The van der Waals surface area contributed by atoms with E-state index in [2.05, 4.69) is 5.32 Å². The zero-order chi connectivity index (χ0) is 21.9. The molecule has 2 aliphatic heterocycles. The fourth-order valence-electron chi connectivity index (χ4n) is 3.91. The molecule has 0 radical (unpaired) electrons. The first-order valence-electron chi connectivity index (χ1n) is 10.1. The van der Waals surface area contributed by atoms with Gasteiger partial charge < -0.3 is 15.0 Å². The summed E-state index contributed by atoms with van der Waals surface area (Å²) in [4.78, 5) is 28.7. The molecule has 2 fully saturated rings. The van der Waals surface area contributed by atoms with Crippen molar-refractivity contribution in [1.29, 1.82) is 0 Å². The van der Waals surface area contributed by atoms with Crippen LogP contribution in [0.5, 0.6) is 0 Å². The molecule has 0 aromatic heterocycles. The number of morpholine rings is 1. The van der Waals surface area contributed by atoms with Crippen LogP contribution in [0.25, 0.3) is 0 Å². The second kappa shape index (κ2) is 9.16. The molecule has 6 nitrogen and oxygen atoms in total. The van der Waals surface area contributed by atoms with Crippen molar-refractivity contribution in [3.05, 3.63) is 34.6 Å². The molecule has 2 heterocycles. The number of nitrogens with one attached hydrogen (secondary N) is 1. The lowest BCUT2D eigenvalue weighted by Gasteiger charge is -2.43. The Bertz CT molecular complexity index is 777. The van der Waals surface area contributed by atoms with Gasteiger partial charge in [0.1, 0.15) is 11.5 Å². The minimum atomic E-state index is -1.56. The van der Waals surface area contributed by atoms with Crippen LogP contribution >= 0.6 is 11.6 Å². The van der Waals surface area contributed by atoms with E-state index < -0.39 is 17.4 Å². The molecule has 1 aromatic carbocycles. The van der Waals surface area contributed by atoms with Crippen LogP contribution in [-0.2, 0) is 9.53 Å². The summed E-state index contributed by atoms with van der Waals surface area (Å²) in [7, 11) is 0. The molecule has 0 saturated carbocycles. The number of carbonyl (C=O) groups is 2. The Morgan fingerprint density at radius 3 is 2.53 bits per heavy atom. The molecule has 166 valence electrons. The van der Waals surface area contributed by atoms with Crippen LogP contribution in [0.4, 0.5) is 8.78 Å². The number of hydrogen-bond donors (Lipinski definition) is 1. The lowest BCUT2D eigenvalue weighted by molar-refractivity contribution is -0.148. The summed E-state index contributed by atoms with van der Waals surface area (Å²) in [5.41, 5.74) is -1.86. The number of amides is 2. The van der Waals surface area contributed by atoms with E-state index in [1.54, 1.807) is 0 Å². The number of carbonyl (C=O) groups excluding carboxylic acids is 2. The summed E-state index contributed by atoms with van der Waals surface area (Å²) in [6.45, 7) is 6.46. The lowest BCUT2D eigenvalue weighted by atomic mass is 9.93. The maximum Gasteiger partial charge on any atom is 0.251 e. The molecule has 0 bridgehead atoms. The molecule has 9 heteroatoms. The molecule has 0 spiro atoms. The number of benzene rings is 1. The molecule has 30 heavy (non-hydrogen) atoms. The normalized spacial score (nSPS) is 21.3. The van der Waals surface area contributed by atoms with Crippen molar-refractivity contribution in [1.82, 2.24) is 15.1 Å². The molecule has 2 saturated heterocycles. The Kier molecular flexibility index (Phi) is 6.99. The number of nitrogens with zero attached hydrogens (tertiary/aromatic N) is 2. The minimum absolute atomic E-state index is 0.0194. The Morgan fingerprint density at radius 2 is 1.90 bits per heavy atom. The number of halogens is 3. The van der Waals surface area contributed by atoms with Crippen molar-refractivity contribution in [2.24, 2.45) is 0 Å². The summed E-state index contributed by atoms with van der Waals surface area (Å²) in [6, 6.07) is 3.50. The van der Waals surface area contributed by atoms with Crippen molar-refractivity contribution in [2.75, 3.05) is 45.9 Å². The van der Waals surface area contributed by atoms with Crippen molar-refractivity contribution < 1.29 is 23.1 Å². The third kappa shape index (κ3) is 5.68. The van der Waals surface area contributed by atoms with Crippen molar-refractivity contribution in [3.8, 4) is 0 Å². The third-order valence-electron chi connectivity index (χ3n) is 5.75. The Hall–Kier alpha value is -1.77. The van der Waals surface area contributed by atoms with Gasteiger partial charge in [0, 0.05) is 30.2 Å². The average molecular weight is 444 g/mol. The van der Waals surface area contributed by atoms with Crippen LogP contribution in [0.2, 0.25) is 5.02 Å². The molecule has 1 aromatic rings. The van der Waals surface area contributed by atoms with Gasteiger partial charge in [0.05, 0.1) is 31.8 Å². The molecule has 1 N–H and O–H groups in total. The summed E-state index contributed by atoms with van der Waals surface area (Å²) in [6.07, 6.45) is 0.411. The van der Waals surface area contributed by atoms with Gasteiger partial charge in [0.2, 0.25) is 5.91 Å². The van der Waals surface area contributed by atoms with Gasteiger partial charge in [-0.1, -0.05) is 11.6 Å². The molecular formula is C21H28ClF2N3O3.